The first kappa shape index (κ1) is 17.3. The lowest BCUT2D eigenvalue weighted by Crippen LogP contribution is -2.46. The minimum atomic E-state index is -0.628. The maximum absolute atomic E-state index is 11.8. The average molecular weight is 293 g/mol. The fraction of sp³-hybridized carbons (Fsp3) is 0.562. The molecule has 0 aliphatic rings. The van der Waals surface area contributed by atoms with Gasteiger partial charge in [0.15, 0.2) is 0 Å². The lowest BCUT2D eigenvalue weighted by atomic mass is 10.1. The van der Waals surface area contributed by atoms with Crippen molar-refractivity contribution in [1.82, 2.24) is 5.32 Å². The summed E-state index contributed by atoms with van der Waals surface area (Å²) in [5, 5.41) is 6.07. The number of hydrogen-bond acceptors (Lipinski definition) is 4. The van der Waals surface area contributed by atoms with Gasteiger partial charge in [-0.05, 0) is 46.2 Å². The Kier molecular flexibility index (Phi) is 5.61. The molecule has 0 aromatic heterocycles. The van der Waals surface area contributed by atoms with Gasteiger partial charge in [0.1, 0.15) is 5.60 Å². The first-order valence-electron chi connectivity index (χ1n) is 7.16. The summed E-state index contributed by atoms with van der Waals surface area (Å²) in [4.78, 5) is 11.8. The SMILES string of the molecule is CC(C)(C)NC(=O)OC(C)(C)CNc1ccccc1CN. The standard InChI is InChI=1S/C16H27N3O2/c1-15(2,3)19-14(20)21-16(4,5)11-18-13-9-7-6-8-12(13)10-17/h6-9,18H,10-11,17H2,1-5H3,(H,19,20). The Hall–Kier alpha value is -1.75. The molecule has 118 valence electrons. The molecule has 5 heteroatoms. The third-order valence-electron chi connectivity index (χ3n) is 2.79. The second kappa shape index (κ2) is 6.80. The number of benzene rings is 1. The van der Waals surface area contributed by atoms with E-state index in [1.165, 1.54) is 0 Å². The summed E-state index contributed by atoms with van der Waals surface area (Å²) in [6.45, 7) is 10.4. The van der Waals surface area contributed by atoms with Crippen LogP contribution in [0.5, 0.6) is 0 Å². The Morgan fingerprint density at radius 2 is 1.81 bits per heavy atom. The van der Waals surface area contributed by atoms with Gasteiger partial charge in [0.05, 0.1) is 6.54 Å². The van der Waals surface area contributed by atoms with Crippen molar-refractivity contribution in [2.24, 2.45) is 5.73 Å². The molecule has 0 saturated carbocycles. The maximum Gasteiger partial charge on any atom is 0.408 e. The van der Waals surface area contributed by atoms with Crippen LogP contribution < -0.4 is 16.4 Å². The van der Waals surface area contributed by atoms with E-state index in [1.807, 2.05) is 58.9 Å². The molecule has 0 spiro atoms. The highest BCUT2D eigenvalue weighted by Gasteiger charge is 2.25. The smallest absolute Gasteiger partial charge is 0.408 e. The molecule has 0 fully saturated rings. The van der Waals surface area contributed by atoms with Gasteiger partial charge in [0.25, 0.3) is 0 Å². The zero-order chi connectivity index (χ0) is 16.1. The lowest BCUT2D eigenvalue weighted by molar-refractivity contribution is 0.0438. The van der Waals surface area contributed by atoms with Crippen molar-refractivity contribution in [3.8, 4) is 0 Å². The molecular formula is C16H27N3O2. The number of rotatable bonds is 5. The van der Waals surface area contributed by atoms with Crippen LogP contribution in [0.4, 0.5) is 10.5 Å². The number of nitrogens with two attached hydrogens (primary N) is 1. The third-order valence-corrected chi connectivity index (χ3v) is 2.79. The van der Waals surface area contributed by atoms with E-state index in [1.54, 1.807) is 0 Å². The Bertz CT molecular complexity index is 479. The molecule has 4 N–H and O–H groups in total. The molecule has 0 radical (unpaired) electrons. The van der Waals surface area contributed by atoms with E-state index in [0.717, 1.165) is 11.3 Å². The van der Waals surface area contributed by atoms with Gasteiger partial charge in [-0.3, -0.25) is 0 Å². The molecule has 5 nitrogen and oxygen atoms in total. The van der Waals surface area contributed by atoms with Crippen molar-refractivity contribution < 1.29 is 9.53 Å². The number of para-hydroxylation sites is 1. The first-order valence-corrected chi connectivity index (χ1v) is 7.16. The highest BCUT2D eigenvalue weighted by atomic mass is 16.6. The highest BCUT2D eigenvalue weighted by molar-refractivity contribution is 5.68. The van der Waals surface area contributed by atoms with Crippen LogP contribution in [0.15, 0.2) is 24.3 Å². The molecule has 21 heavy (non-hydrogen) atoms. The van der Waals surface area contributed by atoms with Crippen LogP contribution in [0, 0.1) is 0 Å². The number of carbonyl (C=O) groups is 1. The van der Waals surface area contributed by atoms with Crippen LogP contribution in [0.2, 0.25) is 0 Å². The molecule has 0 unspecified atom stereocenters. The third kappa shape index (κ3) is 6.49. The molecular weight excluding hydrogens is 266 g/mol. The number of hydrogen-bond donors (Lipinski definition) is 3. The number of nitrogens with one attached hydrogen (secondary N) is 2. The van der Waals surface area contributed by atoms with E-state index in [2.05, 4.69) is 10.6 Å². The zero-order valence-corrected chi connectivity index (χ0v) is 13.6. The van der Waals surface area contributed by atoms with E-state index >= 15 is 0 Å². The largest absolute Gasteiger partial charge is 0.442 e. The fourth-order valence-electron chi connectivity index (χ4n) is 1.80. The Labute approximate surface area is 127 Å². The van der Waals surface area contributed by atoms with Gasteiger partial charge in [-0.1, -0.05) is 18.2 Å². The van der Waals surface area contributed by atoms with E-state index in [-0.39, 0.29) is 5.54 Å². The van der Waals surface area contributed by atoms with Crippen LogP contribution >= 0.6 is 0 Å². The lowest BCUT2D eigenvalue weighted by Gasteiger charge is -2.29. The first-order chi connectivity index (χ1) is 9.63. The molecule has 0 saturated heterocycles. The number of ether oxygens (including phenoxy) is 1. The quantitative estimate of drug-likeness (QED) is 0.780. The van der Waals surface area contributed by atoms with Crippen molar-refractivity contribution in [2.45, 2.75) is 52.3 Å². The summed E-state index contributed by atoms with van der Waals surface area (Å²) in [6, 6.07) is 7.84. The van der Waals surface area contributed by atoms with E-state index in [9.17, 15) is 4.79 Å². The number of anilines is 1. The normalized spacial score (nSPS) is 11.9. The second-order valence-corrected chi connectivity index (χ2v) is 6.74. The van der Waals surface area contributed by atoms with Crippen molar-refractivity contribution in [3.05, 3.63) is 29.8 Å². The van der Waals surface area contributed by atoms with Gasteiger partial charge in [0.2, 0.25) is 0 Å². The molecule has 1 aromatic carbocycles. The van der Waals surface area contributed by atoms with Gasteiger partial charge in [-0.2, -0.15) is 0 Å². The predicted octanol–water partition coefficient (Wildman–Crippen LogP) is 2.86. The van der Waals surface area contributed by atoms with Gasteiger partial charge in [-0.15, -0.1) is 0 Å². The summed E-state index contributed by atoms with van der Waals surface area (Å²) in [7, 11) is 0. The highest BCUT2D eigenvalue weighted by Crippen LogP contribution is 2.17. The maximum atomic E-state index is 11.8. The topological polar surface area (TPSA) is 76.4 Å². The molecule has 1 rings (SSSR count). The molecule has 1 amide bonds. The van der Waals surface area contributed by atoms with Crippen LogP contribution in [0.3, 0.4) is 0 Å². The Morgan fingerprint density at radius 1 is 1.19 bits per heavy atom. The summed E-state index contributed by atoms with van der Waals surface area (Å²) in [5.41, 5.74) is 6.76. The molecule has 0 atom stereocenters. The molecule has 0 aliphatic heterocycles. The summed E-state index contributed by atoms with van der Waals surface area (Å²) in [6.07, 6.45) is -0.415. The van der Waals surface area contributed by atoms with Crippen LogP contribution in [0.25, 0.3) is 0 Å². The Balaban J connectivity index is 2.58. The van der Waals surface area contributed by atoms with Gasteiger partial charge >= 0.3 is 6.09 Å². The van der Waals surface area contributed by atoms with Gasteiger partial charge < -0.3 is 21.1 Å². The fourth-order valence-corrected chi connectivity index (χ4v) is 1.80. The van der Waals surface area contributed by atoms with Crippen molar-refractivity contribution in [2.75, 3.05) is 11.9 Å². The molecule has 1 aromatic rings. The molecule has 0 aliphatic carbocycles. The minimum Gasteiger partial charge on any atom is -0.442 e. The summed E-state index contributed by atoms with van der Waals surface area (Å²) in [5.74, 6) is 0. The molecule has 0 bridgehead atoms. The summed E-state index contributed by atoms with van der Waals surface area (Å²) < 4.78 is 5.47. The number of alkyl carbamates (subject to hydrolysis) is 1. The zero-order valence-electron chi connectivity index (χ0n) is 13.6. The van der Waals surface area contributed by atoms with Crippen molar-refractivity contribution in [1.29, 1.82) is 0 Å². The number of carbonyl (C=O) groups excluding carboxylic acids is 1. The van der Waals surface area contributed by atoms with Gasteiger partial charge in [-0.25, -0.2) is 4.79 Å². The predicted molar refractivity (Wildman–Crippen MR) is 86.3 cm³/mol. The van der Waals surface area contributed by atoms with Crippen LogP contribution in [0.1, 0.15) is 40.2 Å². The van der Waals surface area contributed by atoms with E-state index in [0.29, 0.717) is 13.1 Å². The van der Waals surface area contributed by atoms with Crippen LogP contribution in [-0.4, -0.2) is 23.8 Å². The van der Waals surface area contributed by atoms with Gasteiger partial charge in [0, 0.05) is 17.8 Å². The Morgan fingerprint density at radius 3 is 2.38 bits per heavy atom. The van der Waals surface area contributed by atoms with E-state index in [4.69, 9.17) is 10.5 Å². The van der Waals surface area contributed by atoms with Crippen molar-refractivity contribution in [3.63, 3.8) is 0 Å². The molecule has 0 heterocycles. The summed E-state index contributed by atoms with van der Waals surface area (Å²) >= 11 is 0. The van der Waals surface area contributed by atoms with E-state index < -0.39 is 11.7 Å². The van der Waals surface area contributed by atoms with Crippen molar-refractivity contribution >= 4 is 11.8 Å². The van der Waals surface area contributed by atoms with Crippen LogP contribution in [-0.2, 0) is 11.3 Å². The monoisotopic (exact) mass is 293 g/mol. The minimum absolute atomic E-state index is 0.313. The second-order valence-electron chi connectivity index (χ2n) is 6.74. The number of amides is 1. The average Bonchev–Trinajstić information content (AvgIpc) is 2.33.